The number of hydrogen-bond donors (Lipinski definition) is 2. The molecule has 136 valence electrons. The Hall–Kier alpha value is -3.06. The molecule has 2 amide bonds. The number of carbonyl (C=O) groups excluding carboxylic acids is 2. The van der Waals surface area contributed by atoms with Crippen LogP contribution in [-0.2, 0) is 9.59 Å². The van der Waals surface area contributed by atoms with Crippen LogP contribution in [0.5, 0.6) is 11.5 Å². The number of hydrazone groups is 1. The predicted molar refractivity (Wildman–Crippen MR) is 100 cm³/mol. The molecule has 26 heavy (non-hydrogen) atoms. The number of carbonyl (C=O) groups is 2. The molecule has 0 heterocycles. The van der Waals surface area contributed by atoms with E-state index in [0.717, 1.165) is 5.56 Å². The van der Waals surface area contributed by atoms with E-state index in [-0.39, 0.29) is 0 Å². The van der Waals surface area contributed by atoms with E-state index in [4.69, 9.17) is 21.1 Å². The summed E-state index contributed by atoms with van der Waals surface area (Å²) < 4.78 is 10.3. The summed E-state index contributed by atoms with van der Waals surface area (Å²) in [6.07, 6.45) is 1.36. The van der Waals surface area contributed by atoms with Crippen LogP contribution >= 0.6 is 11.6 Å². The lowest BCUT2D eigenvalue weighted by atomic mass is 10.2. The average Bonchev–Trinajstić information content (AvgIpc) is 2.63. The first-order chi connectivity index (χ1) is 12.4. The fourth-order valence-electron chi connectivity index (χ4n) is 2.10. The van der Waals surface area contributed by atoms with Crippen molar-refractivity contribution in [3.8, 4) is 11.5 Å². The minimum atomic E-state index is -0.905. The number of methoxy groups -OCH3 is 2. The Morgan fingerprint density at radius 1 is 1.08 bits per heavy atom. The number of nitrogens with zero attached hydrogens (tertiary/aromatic N) is 1. The first-order valence-electron chi connectivity index (χ1n) is 7.57. The highest BCUT2D eigenvalue weighted by atomic mass is 35.5. The molecule has 0 unspecified atom stereocenters. The van der Waals surface area contributed by atoms with Gasteiger partial charge in [-0.2, -0.15) is 5.10 Å². The number of anilines is 1. The molecule has 8 heteroatoms. The number of amides is 2. The summed E-state index contributed by atoms with van der Waals surface area (Å²) in [5, 5.41) is 6.82. The van der Waals surface area contributed by atoms with Crippen LogP contribution in [0.1, 0.15) is 11.1 Å². The van der Waals surface area contributed by atoms with Crippen LogP contribution in [0.3, 0.4) is 0 Å². The quantitative estimate of drug-likeness (QED) is 0.477. The van der Waals surface area contributed by atoms with Gasteiger partial charge in [-0.3, -0.25) is 9.59 Å². The van der Waals surface area contributed by atoms with Crippen molar-refractivity contribution in [1.82, 2.24) is 5.43 Å². The predicted octanol–water partition coefficient (Wildman–Crippen LogP) is 2.75. The van der Waals surface area contributed by atoms with Crippen molar-refractivity contribution in [2.45, 2.75) is 6.92 Å². The highest BCUT2D eigenvalue weighted by Gasteiger charge is 2.14. The lowest BCUT2D eigenvalue weighted by molar-refractivity contribution is -0.136. The molecule has 0 fully saturated rings. The van der Waals surface area contributed by atoms with Crippen molar-refractivity contribution >= 4 is 35.3 Å². The third kappa shape index (κ3) is 4.97. The zero-order valence-electron chi connectivity index (χ0n) is 14.5. The molecule has 0 aliphatic heterocycles. The Labute approximate surface area is 155 Å². The maximum atomic E-state index is 11.9. The smallest absolute Gasteiger partial charge is 0.329 e. The monoisotopic (exact) mass is 375 g/mol. The molecule has 0 aliphatic rings. The molecule has 2 rings (SSSR count). The topological polar surface area (TPSA) is 89.0 Å². The van der Waals surface area contributed by atoms with E-state index in [9.17, 15) is 9.59 Å². The summed E-state index contributed by atoms with van der Waals surface area (Å²) in [5.74, 6) is -0.595. The molecule has 2 aromatic carbocycles. The highest BCUT2D eigenvalue weighted by molar-refractivity contribution is 6.39. The van der Waals surface area contributed by atoms with Crippen LogP contribution in [0.2, 0.25) is 5.02 Å². The number of aryl methyl sites for hydroxylation is 1. The molecule has 0 bridgehead atoms. The molecule has 2 aromatic rings. The maximum Gasteiger partial charge on any atom is 0.329 e. The fraction of sp³-hybridized carbons (Fsp3) is 0.167. The molecule has 0 radical (unpaired) electrons. The minimum Gasteiger partial charge on any atom is -0.497 e. The second-order valence-electron chi connectivity index (χ2n) is 5.22. The van der Waals surface area contributed by atoms with Gasteiger partial charge in [-0.25, -0.2) is 5.43 Å². The van der Waals surface area contributed by atoms with Crippen molar-refractivity contribution in [3.05, 3.63) is 52.5 Å². The molecule has 0 aliphatic carbocycles. The molecule has 0 spiro atoms. The summed E-state index contributed by atoms with van der Waals surface area (Å²) in [6, 6.07) is 10.0. The van der Waals surface area contributed by atoms with E-state index < -0.39 is 11.8 Å². The Bertz CT molecular complexity index is 852. The standard InChI is InChI=1S/C18H18ClN3O4/c1-11-8-13(19)4-6-15(11)21-17(23)18(24)22-20-10-12-9-14(25-2)5-7-16(12)26-3/h4-10H,1-3H3,(H,21,23)(H,22,24). The normalized spacial score (nSPS) is 10.5. The number of halogens is 1. The van der Waals surface area contributed by atoms with Gasteiger partial charge in [0.2, 0.25) is 0 Å². The van der Waals surface area contributed by atoms with Gasteiger partial charge in [0.1, 0.15) is 11.5 Å². The van der Waals surface area contributed by atoms with E-state index in [0.29, 0.717) is 27.8 Å². The average molecular weight is 376 g/mol. The van der Waals surface area contributed by atoms with Gasteiger partial charge in [0.05, 0.1) is 20.4 Å². The van der Waals surface area contributed by atoms with E-state index >= 15 is 0 Å². The summed E-state index contributed by atoms with van der Waals surface area (Å²) in [7, 11) is 3.05. The second-order valence-corrected chi connectivity index (χ2v) is 5.66. The SMILES string of the molecule is COc1ccc(OC)c(C=NNC(=O)C(=O)Nc2ccc(Cl)cc2C)c1. The van der Waals surface area contributed by atoms with Gasteiger partial charge < -0.3 is 14.8 Å². The lowest BCUT2D eigenvalue weighted by Crippen LogP contribution is -2.32. The van der Waals surface area contributed by atoms with Crippen molar-refractivity contribution in [3.63, 3.8) is 0 Å². The van der Waals surface area contributed by atoms with Crippen molar-refractivity contribution in [2.24, 2.45) is 5.10 Å². The van der Waals surface area contributed by atoms with Gasteiger partial charge in [0, 0.05) is 16.3 Å². The third-order valence-electron chi connectivity index (χ3n) is 3.45. The summed E-state index contributed by atoms with van der Waals surface area (Å²) in [5.41, 5.74) is 3.98. The van der Waals surface area contributed by atoms with Crippen molar-refractivity contribution in [1.29, 1.82) is 0 Å². The van der Waals surface area contributed by atoms with Crippen LogP contribution in [0, 0.1) is 6.92 Å². The van der Waals surface area contributed by atoms with Crippen LogP contribution in [0.25, 0.3) is 0 Å². The number of benzene rings is 2. The van der Waals surface area contributed by atoms with E-state index in [2.05, 4.69) is 15.8 Å². The zero-order valence-corrected chi connectivity index (χ0v) is 15.3. The Kier molecular flexibility index (Phi) is 6.57. The number of hydrogen-bond acceptors (Lipinski definition) is 5. The number of ether oxygens (including phenoxy) is 2. The maximum absolute atomic E-state index is 11.9. The van der Waals surface area contributed by atoms with Gasteiger partial charge in [-0.05, 0) is 48.9 Å². The highest BCUT2D eigenvalue weighted by Crippen LogP contribution is 2.22. The molecule has 0 saturated heterocycles. The minimum absolute atomic E-state index is 0.494. The van der Waals surface area contributed by atoms with Crippen LogP contribution in [0.4, 0.5) is 5.69 Å². The van der Waals surface area contributed by atoms with Crippen LogP contribution < -0.4 is 20.2 Å². The third-order valence-corrected chi connectivity index (χ3v) is 3.68. The van der Waals surface area contributed by atoms with Gasteiger partial charge in [-0.15, -0.1) is 0 Å². The van der Waals surface area contributed by atoms with E-state index in [1.807, 2.05) is 0 Å². The van der Waals surface area contributed by atoms with Gasteiger partial charge >= 0.3 is 11.8 Å². The van der Waals surface area contributed by atoms with Gasteiger partial charge in [0.25, 0.3) is 0 Å². The van der Waals surface area contributed by atoms with E-state index in [1.54, 1.807) is 43.3 Å². The largest absolute Gasteiger partial charge is 0.497 e. The summed E-state index contributed by atoms with van der Waals surface area (Å²) in [4.78, 5) is 23.8. The fourth-order valence-corrected chi connectivity index (χ4v) is 2.32. The lowest BCUT2D eigenvalue weighted by Gasteiger charge is -2.08. The molecule has 2 N–H and O–H groups in total. The van der Waals surface area contributed by atoms with Gasteiger partial charge in [0.15, 0.2) is 0 Å². The molecular weight excluding hydrogens is 358 g/mol. The Morgan fingerprint density at radius 2 is 1.85 bits per heavy atom. The first-order valence-corrected chi connectivity index (χ1v) is 7.95. The molecule has 0 saturated carbocycles. The number of nitrogens with one attached hydrogen (secondary N) is 2. The molecule has 0 aromatic heterocycles. The molecule has 0 atom stereocenters. The summed E-state index contributed by atoms with van der Waals surface area (Å²) in [6.45, 7) is 1.77. The van der Waals surface area contributed by atoms with Crippen molar-refractivity contribution < 1.29 is 19.1 Å². The number of rotatable bonds is 5. The zero-order chi connectivity index (χ0) is 19.1. The van der Waals surface area contributed by atoms with Crippen LogP contribution in [-0.4, -0.2) is 32.2 Å². The van der Waals surface area contributed by atoms with Gasteiger partial charge in [-0.1, -0.05) is 11.6 Å². The molecular formula is C18H18ClN3O4. The summed E-state index contributed by atoms with van der Waals surface area (Å²) >= 11 is 5.86. The first kappa shape index (κ1) is 19.3. The van der Waals surface area contributed by atoms with E-state index in [1.165, 1.54) is 20.4 Å². The van der Waals surface area contributed by atoms with Crippen molar-refractivity contribution in [2.75, 3.05) is 19.5 Å². The molecule has 7 nitrogen and oxygen atoms in total. The Morgan fingerprint density at radius 3 is 2.50 bits per heavy atom. The van der Waals surface area contributed by atoms with Crippen LogP contribution in [0.15, 0.2) is 41.5 Å². The second kappa shape index (κ2) is 8.87. The Balaban J connectivity index is 2.01.